The number of carboxylic acids is 1. The van der Waals surface area contributed by atoms with Gasteiger partial charge in [-0.2, -0.15) is 10.5 Å². The summed E-state index contributed by atoms with van der Waals surface area (Å²) in [6.45, 7) is 1.38. The van der Waals surface area contributed by atoms with Crippen LogP contribution in [-0.2, 0) is 6.54 Å². The maximum atomic E-state index is 15.3. The van der Waals surface area contributed by atoms with Crippen LogP contribution in [-0.4, -0.2) is 27.2 Å². The third kappa shape index (κ3) is 4.46. The Balaban J connectivity index is 1.52. The fraction of sp³-hybridized carbons (Fsp3) is 0.107. The summed E-state index contributed by atoms with van der Waals surface area (Å²) < 4.78 is 23.1. The van der Waals surface area contributed by atoms with E-state index in [0.717, 1.165) is 0 Å². The highest BCUT2D eigenvalue weighted by Gasteiger charge is 2.20. The van der Waals surface area contributed by atoms with Crippen molar-refractivity contribution in [3.8, 4) is 29.0 Å². The summed E-state index contributed by atoms with van der Waals surface area (Å²) in [5.41, 5.74) is 1.18. The van der Waals surface area contributed by atoms with E-state index in [1.54, 1.807) is 24.3 Å². The van der Waals surface area contributed by atoms with Gasteiger partial charge in [-0.25, -0.2) is 9.18 Å². The van der Waals surface area contributed by atoms with Gasteiger partial charge in [0.1, 0.15) is 18.4 Å². The van der Waals surface area contributed by atoms with Crippen LogP contribution >= 0.6 is 22.9 Å². The number of nitrogens with zero attached hydrogens (tertiary/aromatic N) is 4. The number of aromatic carboxylic acids is 1. The lowest BCUT2D eigenvalue weighted by Crippen LogP contribution is -2.27. The molecule has 0 spiro atoms. The normalized spacial score (nSPS) is 10.9. The van der Waals surface area contributed by atoms with Gasteiger partial charge in [-0.1, -0.05) is 11.6 Å². The van der Waals surface area contributed by atoms with E-state index < -0.39 is 17.3 Å². The number of hydrogen-bond donors (Lipinski definition) is 1. The predicted molar refractivity (Wildman–Crippen MR) is 145 cm³/mol. The van der Waals surface area contributed by atoms with E-state index in [-0.39, 0.29) is 46.3 Å². The van der Waals surface area contributed by atoms with Crippen molar-refractivity contribution in [1.29, 1.82) is 10.5 Å². The maximum absolute atomic E-state index is 15.3. The fourth-order valence-electron chi connectivity index (χ4n) is 4.45. The van der Waals surface area contributed by atoms with Crippen LogP contribution in [0.3, 0.4) is 0 Å². The van der Waals surface area contributed by atoms with E-state index in [1.807, 2.05) is 12.1 Å². The average Bonchev–Trinajstić information content (AvgIpc) is 3.38. The predicted octanol–water partition coefficient (Wildman–Crippen LogP) is 5.90. The number of ether oxygens (including phenoxy) is 1. The molecule has 2 aromatic carbocycles. The molecule has 192 valence electrons. The number of rotatable bonds is 6. The van der Waals surface area contributed by atoms with Crippen LogP contribution < -0.4 is 10.3 Å². The van der Waals surface area contributed by atoms with E-state index in [4.69, 9.17) is 16.3 Å². The molecule has 3 heterocycles. The molecule has 8 nitrogen and oxygen atoms in total. The molecule has 0 radical (unpaired) electrons. The van der Waals surface area contributed by atoms with Crippen molar-refractivity contribution in [2.24, 2.45) is 0 Å². The summed E-state index contributed by atoms with van der Waals surface area (Å²) in [5.74, 6) is -1.36. The first kappa shape index (κ1) is 25.9. The molecule has 0 aliphatic rings. The standard InChI is InChI=1S/C28H16ClFN4O4S/c1-14-24(30)20-9-15(11-31)8-16(12-32)23(20)27(35)34(14)6-7-38-22-3-2-17(29)10-19(22)18-4-5-33-25-21(28(36)37)13-39-26(18)25/h2-5,8-10,13H,6-7H2,1H3,(H,36,37). The van der Waals surface area contributed by atoms with Gasteiger partial charge in [0.15, 0.2) is 5.82 Å². The van der Waals surface area contributed by atoms with Gasteiger partial charge in [0.25, 0.3) is 5.56 Å². The van der Waals surface area contributed by atoms with Crippen LogP contribution in [0.15, 0.2) is 52.8 Å². The van der Waals surface area contributed by atoms with Crippen LogP contribution in [0, 0.1) is 35.4 Å². The van der Waals surface area contributed by atoms with Crippen LogP contribution in [0.4, 0.5) is 4.39 Å². The van der Waals surface area contributed by atoms with Crippen molar-refractivity contribution >= 4 is 49.9 Å². The number of aromatic nitrogens is 2. The third-order valence-electron chi connectivity index (χ3n) is 6.29. The zero-order valence-corrected chi connectivity index (χ0v) is 21.7. The molecule has 0 aliphatic heterocycles. The van der Waals surface area contributed by atoms with Crippen LogP contribution in [0.1, 0.15) is 27.2 Å². The lowest BCUT2D eigenvalue weighted by atomic mass is 10.0. The SMILES string of the molecule is Cc1c(F)c2cc(C#N)cc(C#N)c2c(=O)n1CCOc1ccc(Cl)cc1-c1ccnc2c(C(=O)O)csc12. The minimum absolute atomic E-state index is 0.0294. The summed E-state index contributed by atoms with van der Waals surface area (Å²) in [4.78, 5) is 29.1. The molecular formula is C28H16ClFN4O4S. The van der Waals surface area contributed by atoms with Gasteiger partial charge in [0, 0.05) is 33.1 Å². The number of pyridine rings is 2. The van der Waals surface area contributed by atoms with Crippen LogP contribution in [0.2, 0.25) is 5.02 Å². The number of carbonyl (C=O) groups is 1. The second-order valence-corrected chi connectivity index (χ2v) is 9.82. The van der Waals surface area contributed by atoms with Crippen molar-refractivity contribution in [1.82, 2.24) is 9.55 Å². The van der Waals surface area contributed by atoms with Crippen molar-refractivity contribution in [3.63, 3.8) is 0 Å². The summed E-state index contributed by atoms with van der Waals surface area (Å²) in [6.07, 6.45) is 1.51. The Labute approximate surface area is 229 Å². The number of carboxylic acid groups (broad SMARTS) is 1. The van der Waals surface area contributed by atoms with Gasteiger partial charge < -0.3 is 14.4 Å². The first-order valence-electron chi connectivity index (χ1n) is 11.4. The van der Waals surface area contributed by atoms with Crippen molar-refractivity contribution in [2.75, 3.05) is 6.61 Å². The number of thiophene rings is 1. The molecule has 11 heteroatoms. The fourth-order valence-corrected chi connectivity index (χ4v) is 5.65. The molecule has 0 atom stereocenters. The molecule has 1 N–H and O–H groups in total. The molecule has 0 saturated carbocycles. The third-order valence-corrected chi connectivity index (χ3v) is 7.53. The molecule has 0 amide bonds. The largest absolute Gasteiger partial charge is 0.491 e. The molecule has 0 unspecified atom stereocenters. The molecule has 0 saturated heterocycles. The Kier molecular flexibility index (Phi) is 6.75. The van der Waals surface area contributed by atoms with E-state index in [2.05, 4.69) is 4.98 Å². The second kappa shape index (κ2) is 10.2. The van der Waals surface area contributed by atoms with E-state index in [1.165, 1.54) is 46.5 Å². The van der Waals surface area contributed by atoms with Crippen LogP contribution in [0.5, 0.6) is 5.75 Å². The molecule has 3 aromatic heterocycles. The summed E-state index contributed by atoms with van der Waals surface area (Å²) in [6, 6.07) is 13.0. The van der Waals surface area contributed by atoms with Gasteiger partial charge in [0.05, 0.1) is 50.6 Å². The van der Waals surface area contributed by atoms with Gasteiger partial charge in [-0.05, 0) is 43.3 Å². The first-order chi connectivity index (χ1) is 18.7. The lowest BCUT2D eigenvalue weighted by Gasteiger charge is -2.16. The molecule has 5 aromatic rings. The second-order valence-electron chi connectivity index (χ2n) is 8.51. The Hall–Kier alpha value is -4.77. The van der Waals surface area contributed by atoms with Gasteiger partial charge >= 0.3 is 5.97 Å². The minimum Gasteiger partial charge on any atom is -0.491 e. The smallest absolute Gasteiger partial charge is 0.338 e. The van der Waals surface area contributed by atoms with E-state index >= 15 is 4.39 Å². The van der Waals surface area contributed by atoms with Gasteiger partial charge in [-0.3, -0.25) is 9.78 Å². The summed E-state index contributed by atoms with van der Waals surface area (Å²) >= 11 is 7.51. The van der Waals surface area contributed by atoms with Gasteiger partial charge in [0.2, 0.25) is 0 Å². The highest BCUT2D eigenvalue weighted by Crippen LogP contribution is 2.39. The molecule has 5 rings (SSSR count). The molecule has 39 heavy (non-hydrogen) atoms. The number of halogens is 2. The number of fused-ring (bicyclic) bond motifs is 2. The monoisotopic (exact) mass is 558 g/mol. The number of benzene rings is 2. The summed E-state index contributed by atoms with van der Waals surface area (Å²) in [7, 11) is 0. The molecule has 0 aliphatic carbocycles. The molecule has 0 fully saturated rings. The Bertz CT molecular complexity index is 1970. The Morgan fingerprint density at radius 3 is 2.72 bits per heavy atom. The zero-order valence-electron chi connectivity index (χ0n) is 20.2. The van der Waals surface area contributed by atoms with Crippen LogP contribution in [0.25, 0.3) is 32.1 Å². The Morgan fingerprint density at radius 1 is 1.21 bits per heavy atom. The highest BCUT2D eigenvalue weighted by atomic mass is 35.5. The first-order valence-corrected chi connectivity index (χ1v) is 12.7. The van der Waals surface area contributed by atoms with Gasteiger partial charge in [-0.15, -0.1) is 11.3 Å². The topological polar surface area (TPSA) is 129 Å². The highest BCUT2D eigenvalue weighted by molar-refractivity contribution is 7.18. The molecule has 0 bridgehead atoms. The number of hydrogen-bond acceptors (Lipinski definition) is 7. The number of nitriles is 2. The maximum Gasteiger partial charge on any atom is 0.338 e. The lowest BCUT2D eigenvalue weighted by molar-refractivity contribution is 0.0699. The summed E-state index contributed by atoms with van der Waals surface area (Å²) in [5, 5.41) is 30.0. The minimum atomic E-state index is -1.08. The van der Waals surface area contributed by atoms with Crippen molar-refractivity contribution in [2.45, 2.75) is 13.5 Å². The van der Waals surface area contributed by atoms with E-state index in [0.29, 0.717) is 32.1 Å². The quantitative estimate of drug-likeness (QED) is 0.274. The Morgan fingerprint density at radius 2 is 2.00 bits per heavy atom. The molecular weight excluding hydrogens is 543 g/mol. The van der Waals surface area contributed by atoms with Crippen molar-refractivity contribution in [3.05, 3.63) is 91.6 Å². The van der Waals surface area contributed by atoms with E-state index in [9.17, 15) is 25.2 Å². The average molecular weight is 559 g/mol. The zero-order chi connectivity index (χ0) is 27.8. The van der Waals surface area contributed by atoms with Crippen molar-refractivity contribution < 1.29 is 19.0 Å².